The molecule has 0 atom stereocenters. The normalized spacial score (nSPS) is 10.7. The zero-order valence-corrected chi connectivity index (χ0v) is 18.2. The van der Waals surface area contributed by atoms with E-state index < -0.39 is 0 Å². The number of benzene rings is 2. The van der Waals surface area contributed by atoms with Crippen LogP contribution in [0.25, 0.3) is 0 Å². The lowest BCUT2D eigenvalue weighted by atomic mass is 10.2. The number of aromatic nitrogens is 1. The number of carbonyl (C=O) groups is 1. The smallest absolute Gasteiger partial charge is 0.260 e. The fraction of sp³-hybridized carbons (Fsp3) is 0.320. The van der Waals surface area contributed by atoms with E-state index in [2.05, 4.69) is 23.6 Å². The predicted octanol–water partition coefficient (Wildman–Crippen LogP) is 5.79. The van der Waals surface area contributed by atoms with E-state index in [-0.39, 0.29) is 12.5 Å². The van der Waals surface area contributed by atoms with Gasteiger partial charge in [0, 0.05) is 30.0 Å². The Balaban J connectivity index is 1.67. The van der Waals surface area contributed by atoms with E-state index in [9.17, 15) is 4.79 Å². The minimum absolute atomic E-state index is 0.00506. The van der Waals surface area contributed by atoms with Crippen LogP contribution in [0.2, 0.25) is 5.02 Å². The average molecular weight is 425 g/mol. The fourth-order valence-corrected chi connectivity index (χ4v) is 3.59. The van der Waals surface area contributed by atoms with Gasteiger partial charge in [0.15, 0.2) is 6.61 Å². The molecule has 1 aromatic heterocycles. The summed E-state index contributed by atoms with van der Waals surface area (Å²) in [4.78, 5) is 14.8. The Hall–Kier alpha value is -2.72. The van der Waals surface area contributed by atoms with Crippen LogP contribution in [0.15, 0.2) is 72.9 Å². The summed E-state index contributed by atoms with van der Waals surface area (Å²) in [6, 6.07) is 21.4. The molecule has 0 radical (unpaired) electrons. The molecule has 2 aromatic carbocycles. The zero-order valence-electron chi connectivity index (χ0n) is 17.5. The molecule has 0 aliphatic carbocycles. The summed E-state index contributed by atoms with van der Waals surface area (Å²) in [6.07, 6.45) is 5.26. The molecule has 0 aliphatic heterocycles. The highest BCUT2D eigenvalue weighted by Crippen LogP contribution is 2.16. The standard InChI is InChI=1S/C25H29ClN2O2/c1-2-3-7-15-28(25(29)20-30-24-13-5-4-6-14-24)19-23-12-9-16-27(23)18-21-10-8-11-22(26)17-21/h4-6,8-14,16-17H,2-3,7,15,18-20H2,1H3. The third kappa shape index (κ3) is 6.67. The second-order valence-corrected chi connectivity index (χ2v) is 7.82. The summed E-state index contributed by atoms with van der Waals surface area (Å²) in [5.74, 6) is 0.717. The maximum absolute atomic E-state index is 12.9. The van der Waals surface area contributed by atoms with Crippen LogP contribution in [0.3, 0.4) is 0 Å². The zero-order chi connectivity index (χ0) is 21.2. The number of halogens is 1. The number of ether oxygens (including phenoxy) is 1. The third-order valence-corrected chi connectivity index (χ3v) is 5.24. The van der Waals surface area contributed by atoms with Crippen LogP contribution in [-0.4, -0.2) is 28.5 Å². The Morgan fingerprint density at radius 2 is 1.87 bits per heavy atom. The van der Waals surface area contributed by atoms with E-state index in [0.29, 0.717) is 12.3 Å². The van der Waals surface area contributed by atoms with Gasteiger partial charge in [-0.25, -0.2) is 0 Å². The van der Waals surface area contributed by atoms with Crippen molar-refractivity contribution in [1.29, 1.82) is 0 Å². The van der Waals surface area contributed by atoms with Gasteiger partial charge < -0.3 is 14.2 Å². The minimum atomic E-state index is 0.00506. The number of hydrogen-bond acceptors (Lipinski definition) is 2. The van der Waals surface area contributed by atoms with Crippen molar-refractivity contribution in [1.82, 2.24) is 9.47 Å². The van der Waals surface area contributed by atoms with Gasteiger partial charge in [-0.15, -0.1) is 0 Å². The maximum atomic E-state index is 12.9. The summed E-state index contributed by atoms with van der Waals surface area (Å²) >= 11 is 6.13. The third-order valence-electron chi connectivity index (χ3n) is 5.01. The molecule has 0 saturated heterocycles. The van der Waals surface area contributed by atoms with Crippen LogP contribution in [0, 0.1) is 0 Å². The van der Waals surface area contributed by atoms with Gasteiger partial charge in [0.25, 0.3) is 5.91 Å². The average Bonchev–Trinajstić information content (AvgIpc) is 3.18. The van der Waals surface area contributed by atoms with Gasteiger partial charge in [0.2, 0.25) is 0 Å². The highest BCUT2D eigenvalue weighted by Gasteiger charge is 2.16. The molecule has 1 amide bonds. The van der Waals surface area contributed by atoms with Gasteiger partial charge in [-0.2, -0.15) is 0 Å². The van der Waals surface area contributed by atoms with Gasteiger partial charge in [0.05, 0.1) is 6.54 Å². The summed E-state index contributed by atoms with van der Waals surface area (Å²) < 4.78 is 7.87. The summed E-state index contributed by atoms with van der Waals surface area (Å²) in [6.45, 7) is 4.23. The first-order valence-corrected chi connectivity index (χ1v) is 10.9. The SMILES string of the molecule is CCCCCN(Cc1cccn1Cc1cccc(Cl)c1)C(=O)COc1ccccc1. The second kappa shape index (κ2) is 11.5. The topological polar surface area (TPSA) is 34.5 Å². The van der Waals surface area contributed by atoms with Crippen molar-refractivity contribution in [3.8, 4) is 5.75 Å². The molecule has 0 N–H and O–H groups in total. The maximum Gasteiger partial charge on any atom is 0.260 e. The van der Waals surface area contributed by atoms with Gasteiger partial charge in [-0.05, 0) is 48.4 Å². The highest BCUT2D eigenvalue weighted by atomic mass is 35.5. The highest BCUT2D eigenvalue weighted by molar-refractivity contribution is 6.30. The van der Waals surface area contributed by atoms with Gasteiger partial charge in [-0.1, -0.05) is 61.7 Å². The van der Waals surface area contributed by atoms with Crippen LogP contribution in [0.4, 0.5) is 0 Å². The molecule has 0 unspecified atom stereocenters. The van der Waals surface area contributed by atoms with Gasteiger partial charge in [-0.3, -0.25) is 4.79 Å². The molecule has 0 aliphatic rings. The Morgan fingerprint density at radius 1 is 1.03 bits per heavy atom. The van der Waals surface area contributed by atoms with Gasteiger partial charge in [0.1, 0.15) is 5.75 Å². The van der Waals surface area contributed by atoms with Crippen molar-refractivity contribution in [3.63, 3.8) is 0 Å². The molecular formula is C25H29ClN2O2. The van der Waals surface area contributed by atoms with Crippen LogP contribution < -0.4 is 4.74 Å². The van der Waals surface area contributed by atoms with E-state index in [0.717, 1.165) is 48.6 Å². The fourth-order valence-electron chi connectivity index (χ4n) is 3.37. The quantitative estimate of drug-likeness (QED) is 0.365. The number of carbonyl (C=O) groups excluding carboxylic acids is 1. The predicted molar refractivity (Wildman–Crippen MR) is 122 cm³/mol. The lowest BCUT2D eigenvalue weighted by Gasteiger charge is -2.24. The summed E-state index contributed by atoms with van der Waals surface area (Å²) in [5, 5.41) is 0.732. The van der Waals surface area contributed by atoms with E-state index in [4.69, 9.17) is 16.3 Å². The van der Waals surface area contributed by atoms with E-state index in [1.807, 2.05) is 65.7 Å². The van der Waals surface area contributed by atoms with Crippen molar-refractivity contribution in [2.75, 3.05) is 13.2 Å². The Bertz CT molecular complexity index is 924. The van der Waals surface area contributed by atoms with Crippen molar-refractivity contribution in [2.24, 2.45) is 0 Å². The Morgan fingerprint density at radius 3 is 2.63 bits per heavy atom. The molecule has 3 rings (SSSR count). The minimum Gasteiger partial charge on any atom is -0.484 e. The van der Waals surface area contributed by atoms with Gasteiger partial charge >= 0.3 is 0 Å². The lowest BCUT2D eigenvalue weighted by molar-refractivity contribution is -0.134. The molecule has 30 heavy (non-hydrogen) atoms. The first-order chi connectivity index (χ1) is 14.7. The molecule has 0 fully saturated rings. The molecule has 5 heteroatoms. The Kier molecular flexibility index (Phi) is 8.40. The molecule has 0 bridgehead atoms. The van der Waals surface area contributed by atoms with Crippen LogP contribution in [0.1, 0.15) is 37.4 Å². The monoisotopic (exact) mass is 424 g/mol. The Labute approximate surface area is 184 Å². The molecule has 4 nitrogen and oxygen atoms in total. The summed E-state index contributed by atoms with van der Waals surface area (Å²) in [5.41, 5.74) is 2.23. The van der Waals surface area contributed by atoms with Crippen LogP contribution in [-0.2, 0) is 17.9 Å². The number of amides is 1. The van der Waals surface area contributed by atoms with E-state index in [1.54, 1.807) is 0 Å². The van der Waals surface area contributed by atoms with E-state index in [1.165, 1.54) is 0 Å². The second-order valence-electron chi connectivity index (χ2n) is 7.38. The van der Waals surface area contributed by atoms with Crippen molar-refractivity contribution in [3.05, 3.63) is 89.2 Å². The first-order valence-electron chi connectivity index (χ1n) is 10.5. The number of nitrogens with zero attached hydrogens (tertiary/aromatic N) is 2. The molecular weight excluding hydrogens is 396 g/mol. The number of unbranched alkanes of at least 4 members (excludes halogenated alkanes) is 2. The van der Waals surface area contributed by atoms with Crippen LogP contribution in [0.5, 0.6) is 5.75 Å². The largest absolute Gasteiger partial charge is 0.484 e. The number of rotatable bonds is 11. The van der Waals surface area contributed by atoms with Crippen LogP contribution >= 0.6 is 11.6 Å². The van der Waals surface area contributed by atoms with Crippen molar-refractivity contribution in [2.45, 2.75) is 39.3 Å². The molecule has 0 spiro atoms. The molecule has 1 heterocycles. The molecule has 158 valence electrons. The number of hydrogen-bond donors (Lipinski definition) is 0. The summed E-state index contributed by atoms with van der Waals surface area (Å²) in [7, 11) is 0. The lowest BCUT2D eigenvalue weighted by Crippen LogP contribution is -2.36. The van der Waals surface area contributed by atoms with Crippen molar-refractivity contribution < 1.29 is 9.53 Å². The number of para-hydroxylation sites is 1. The van der Waals surface area contributed by atoms with Crippen molar-refractivity contribution >= 4 is 17.5 Å². The van der Waals surface area contributed by atoms with E-state index >= 15 is 0 Å². The molecule has 3 aromatic rings. The molecule has 0 saturated carbocycles. The first kappa shape index (κ1) is 22.0.